The number of nitrogens with two attached hydrogens (primary N) is 3. The van der Waals surface area contributed by atoms with Gasteiger partial charge in [0.25, 0.3) is 5.91 Å². The number of carbonyl (C=O) groups is 1. The summed E-state index contributed by atoms with van der Waals surface area (Å²) in [6, 6.07) is 4.55. The summed E-state index contributed by atoms with van der Waals surface area (Å²) in [4.78, 5) is 19.1. The Hall–Kier alpha value is -3.38. The highest BCUT2D eigenvalue weighted by atomic mass is 35.5. The van der Waals surface area contributed by atoms with Crippen LogP contribution >= 0.6 is 11.6 Å². The number of alkyl halides is 3. The fourth-order valence-electron chi connectivity index (χ4n) is 2.58. The van der Waals surface area contributed by atoms with Gasteiger partial charge in [0.1, 0.15) is 5.82 Å². The van der Waals surface area contributed by atoms with Crippen LogP contribution in [0.25, 0.3) is 11.1 Å². The van der Waals surface area contributed by atoms with Crippen LogP contribution in [-0.2, 0) is 6.18 Å². The molecule has 2 aromatic rings. The molecule has 0 aliphatic rings. The van der Waals surface area contributed by atoms with E-state index in [1.807, 2.05) is 0 Å². The van der Waals surface area contributed by atoms with E-state index in [9.17, 15) is 22.4 Å². The van der Waals surface area contributed by atoms with E-state index in [1.54, 1.807) is 0 Å². The number of hydrogen-bond donors (Lipinski definition) is 5. The maximum Gasteiger partial charge on any atom is 0.417 e. The van der Waals surface area contributed by atoms with E-state index in [2.05, 4.69) is 15.3 Å². The average Bonchev–Trinajstić information content (AvgIpc) is 2.65. The summed E-state index contributed by atoms with van der Waals surface area (Å²) >= 11 is 6.10. The molecule has 0 aromatic heterocycles. The summed E-state index contributed by atoms with van der Waals surface area (Å²) in [6.45, 7) is -0.566. The minimum absolute atomic E-state index is 0.166. The highest BCUT2D eigenvalue weighted by molar-refractivity contribution is 6.34. The van der Waals surface area contributed by atoms with Gasteiger partial charge in [-0.25, -0.2) is 9.38 Å². The molecule has 0 saturated heterocycles. The molecule has 13 heteroatoms. The molecule has 31 heavy (non-hydrogen) atoms. The molecule has 0 fully saturated rings. The lowest BCUT2D eigenvalue weighted by Gasteiger charge is -2.16. The van der Waals surface area contributed by atoms with Gasteiger partial charge in [-0.2, -0.15) is 18.2 Å². The summed E-state index contributed by atoms with van der Waals surface area (Å²) in [6.07, 6.45) is -4.89. The zero-order chi connectivity index (χ0) is 23.3. The Morgan fingerprint density at radius 3 is 2.42 bits per heavy atom. The number of nitrogens with zero attached hydrogens (tertiary/aromatic N) is 2. The molecule has 8 N–H and O–H groups in total. The third-order valence-corrected chi connectivity index (χ3v) is 4.06. The van der Waals surface area contributed by atoms with Crippen molar-refractivity contribution >= 4 is 35.1 Å². The van der Waals surface area contributed by atoms with Crippen LogP contribution in [0.5, 0.6) is 0 Å². The molecule has 1 amide bonds. The van der Waals surface area contributed by atoms with Crippen LogP contribution < -0.4 is 22.5 Å². The highest BCUT2D eigenvalue weighted by Gasteiger charge is 2.35. The number of benzene rings is 2. The van der Waals surface area contributed by atoms with Gasteiger partial charge in [0.15, 0.2) is 5.96 Å². The van der Waals surface area contributed by atoms with E-state index in [1.165, 1.54) is 0 Å². The highest BCUT2D eigenvalue weighted by Crippen LogP contribution is 2.43. The standard InChI is InChI=1S/C18H17ClF4N6O2/c19-12-7-9(28-17(26)29-16(24)25)6-11(18(21,22)23)14(12)8-1-2-13(20)10(5-8)15(31)27-3-4-30/h1-2,5-7,30H,3-4H2,(H,27,31)(H6,24,25,26,28,29). The molecule has 2 aromatic carbocycles. The Morgan fingerprint density at radius 1 is 1.16 bits per heavy atom. The maximum atomic E-state index is 14.1. The largest absolute Gasteiger partial charge is 0.417 e. The van der Waals surface area contributed by atoms with Crippen LogP contribution in [0, 0.1) is 5.82 Å². The number of halogens is 5. The van der Waals surface area contributed by atoms with Crippen molar-refractivity contribution in [1.29, 1.82) is 0 Å². The predicted molar refractivity (Wildman–Crippen MR) is 108 cm³/mol. The van der Waals surface area contributed by atoms with Gasteiger partial charge in [0.05, 0.1) is 28.4 Å². The van der Waals surface area contributed by atoms with Crippen LogP contribution in [0.2, 0.25) is 5.02 Å². The van der Waals surface area contributed by atoms with Crippen molar-refractivity contribution in [3.63, 3.8) is 0 Å². The van der Waals surface area contributed by atoms with E-state index in [0.29, 0.717) is 6.07 Å². The summed E-state index contributed by atoms with van der Waals surface area (Å²) < 4.78 is 55.3. The lowest BCUT2D eigenvalue weighted by atomic mass is 9.96. The van der Waals surface area contributed by atoms with E-state index >= 15 is 0 Å². The fourth-order valence-corrected chi connectivity index (χ4v) is 2.91. The lowest BCUT2D eigenvalue weighted by Crippen LogP contribution is -2.27. The SMILES string of the molecule is NC(N)=NC(N)=Nc1cc(Cl)c(-c2ccc(F)c(C(=O)NCCO)c2)c(C(F)(F)F)c1. The molecule has 2 rings (SSSR count). The second kappa shape index (κ2) is 9.62. The Bertz CT molecular complexity index is 1050. The summed E-state index contributed by atoms with van der Waals surface area (Å²) in [5, 5.41) is 10.6. The van der Waals surface area contributed by atoms with Crippen molar-refractivity contribution in [2.45, 2.75) is 6.18 Å². The molecule has 0 aliphatic carbocycles. The fraction of sp³-hybridized carbons (Fsp3) is 0.167. The van der Waals surface area contributed by atoms with E-state index in [4.69, 9.17) is 33.9 Å². The zero-order valence-electron chi connectivity index (χ0n) is 15.7. The van der Waals surface area contributed by atoms with Crippen LogP contribution in [0.1, 0.15) is 15.9 Å². The Kier molecular flexibility index (Phi) is 7.41. The first-order valence-electron chi connectivity index (χ1n) is 8.47. The van der Waals surface area contributed by atoms with Gasteiger partial charge in [-0.1, -0.05) is 17.7 Å². The number of hydrogen-bond acceptors (Lipinski definition) is 3. The van der Waals surface area contributed by atoms with Crippen molar-refractivity contribution in [3.05, 3.63) is 52.3 Å². The smallest absolute Gasteiger partial charge is 0.395 e. The average molecular weight is 461 g/mol. The predicted octanol–water partition coefficient (Wildman–Crippen LogP) is 2.11. The van der Waals surface area contributed by atoms with Crippen molar-refractivity contribution in [1.82, 2.24) is 5.32 Å². The van der Waals surface area contributed by atoms with Crippen LogP contribution in [-0.4, -0.2) is 36.1 Å². The number of nitrogens with one attached hydrogen (secondary N) is 1. The van der Waals surface area contributed by atoms with Gasteiger partial charge < -0.3 is 27.6 Å². The number of rotatable bonds is 5. The molecule has 0 radical (unpaired) electrons. The number of aliphatic imine (C=N–C) groups is 2. The molecule has 0 bridgehead atoms. The van der Waals surface area contributed by atoms with E-state index < -0.39 is 53.1 Å². The van der Waals surface area contributed by atoms with Gasteiger partial charge in [-0.3, -0.25) is 4.79 Å². The van der Waals surface area contributed by atoms with Gasteiger partial charge >= 0.3 is 6.18 Å². The number of guanidine groups is 2. The van der Waals surface area contributed by atoms with Crippen molar-refractivity contribution < 1.29 is 27.5 Å². The monoisotopic (exact) mass is 460 g/mol. The minimum Gasteiger partial charge on any atom is -0.395 e. The van der Waals surface area contributed by atoms with Crippen LogP contribution in [0.4, 0.5) is 23.2 Å². The van der Waals surface area contributed by atoms with Gasteiger partial charge in [-0.05, 0) is 29.8 Å². The molecule has 0 unspecified atom stereocenters. The number of aliphatic hydroxyl groups is 1. The molecule has 0 spiro atoms. The first kappa shape index (κ1) is 23.9. The van der Waals surface area contributed by atoms with Crippen molar-refractivity contribution in [3.8, 4) is 11.1 Å². The topological polar surface area (TPSA) is 152 Å². The number of amides is 1. The van der Waals surface area contributed by atoms with Gasteiger partial charge in [0.2, 0.25) is 5.96 Å². The molecule has 0 atom stereocenters. The quantitative estimate of drug-likeness (QED) is 0.263. The summed E-state index contributed by atoms with van der Waals surface area (Å²) in [7, 11) is 0. The van der Waals surface area contributed by atoms with Crippen molar-refractivity contribution in [2.24, 2.45) is 27.2 Å². The Morgan fingerprint density at radius 2 is 1.84 bits per heavy atom. The van der Waals surface area contributed by atoms with Gasteiger partial charge in [-0.15, -0.1) is 0 Å². The number of aliphatic hydroxyl groups excluding tert-OH is 1. The second-order valence-corrected chi connectivity index (χ2v) is 6.44. The number of carbonyl (C=O) groups excluding carboxylic acids is 1. The van der Waals surface area contributed by atoms with E-state index in [0.717, 1.165) is 24.3 Å². The van der Waals surface area contributed by atoms with Crippen LogP contribution in [0.3, 0.4) is 0 Å². The first-order valence-corrected chi connectivity index (χ1v) is 8.85. The Balaban J connectivity index is 2.66. The first-order chi connectivity index (χ1) is 14.4. The zero-order valence-corrected chi connectivity index (χ0v) is 16.4. The van der Waals surface area contributed by atoms with E-state index in [-0.39, 0.29) is 22.8 Å². The van der Waals surface area contributed by atoms with Gasteiger partial charge in [0, 0.05) is 12.1 Å². The molecule has 166 valence electrons. The second-order valence-electron chi connectivity index (χ2n) is 6.03. The summed E-state index contributed by atoms with van der Waals surface area (Å²) in [5.74, 6) is -2.82. The Labute approximate surface area is 178 Å². The molecular weight excluding hydrogens is 444 g/mol. The maximum absolute atomic E-state index is 14.1. The summed E-state index contributed by atoms with van der Waals surface area (Å²) in [5.41, 5.74) is 13.1. The third kappa shape index (κ3) is 6.06. The molecule has 0 aliphatic heterocycles. The lowest BCUT2D eigenvalue weighted by molar-refractivity contribution is -0.137. The van der Waals surface area contributed by atoms with Crippen LogP contribution in [0.15, 0.2) is 40.3 Å². The molecule has 0 heterocycles. The molecular formula is C18H17ClF4N6O2. The minimum atomic E-state index is -4.89. The third-order valence-electron chi connectivity index (χ3n) is 3.76. The molecule has 0 saturated carbocycles. The van der Waals surface area contributed by atoms with Crippen molar-refractivity contribution in [2.75, 3.05) is 13.2 Å². The molecule has 8 nitrogen and oxygen atoms in total. The normalized spacial score (nSPS) is 11.9.